The van der Waals surface area contributed by atoms with E-state index in [-0.39, 0.29) is 23.7 Å². The van der Waals surface area contributed by atoms with Gasteiger partial charge in [0.15, 0.2) is 11.1 Å². The highest BCUT2D eigenvalue weighted by atomic mass is 16.5. The van der Waals surface area contributed by atoms with Crippen molar-refractivity contribution in [3.8, 4) is 11.6 Å². The Morgan fingerprint density at radius 3 is 2.88 bits per heavy atom. The first-order chi connectivity index (χ1) is 15.4. The Kier molecular flexibility index (Phi) is 4.89. The van der Waals surface area contributed by atoms with Crippen LogP contribution in [0.25, 0.3) is 11.7 Å². The summed E-state index contributed by atoms with van der Waals surface area (Å²) in [5.74, 6) is 1.12. The molecular weight excluding hydrogens is 410 g/mol. The molecular formula is C22H23N7O3. The predicted octanol–water partition coefficient (Wildman–Crippen LogP) is 1.59. The van der Waals surface area contributed by atoms with Crippen molar-refractivity contribution in [1.82, 2.24) is 24.6 Å². The normalized spacial score (nSPS) is 15.1. The fourth-order valence-corrected chi connectivity index (χ4v) is 3.33. The molecule has 10 heteroatoms. The molecule has 1 fully saturated rings. The molecule has 1 aromatic carbocycles. The molecule has 0 unspecified atom stereocenters. The summed E-state index contributed by atoms with van der Waals surface area (Å²) in [6.07, 6.45) is 5.43. The summed E-state index contributed by atoms with van der Waals surface area (Å²) in [6, 6.07) is 9.81. The van der Waals surface area contributed by atoms with E-state index < -0.39 is 5.69 Å². The van der Waals surface area contributed by atoms with Gasteiger partial charge in [-0.1, -0.05) is 6.07 Å². The number of imidazole rings is 1. The molecule has 4 N–H and O–H groups in total. The minimum absolute atomic E-state index is 0.0739. The van der Waals surface area contributed by atoms with Crippen LogP contribution < -0.4 is 26.4 Å². The molecule has 1 aliphatic rings. The monoisotopic (exact) mass is 433 g/mol. The number of fused-ring (bicyclic) bond motifs is 1. The number of nitrogens with zero attached hydrogens (tertiary/aromatic N) is 4. The van der Waals surface area contributed by atoms with Crippen LogP contribution in [-0.4, -0.2) is 41.8 Å². The molecule has 0 saturated heterocycles. The summed E-state index contributed by atoms with van der Waals surface area (Å²) in [5.41, 5.74) is 1.82. The molecule has 0 atom stereocenters. The topological polar surface area (TPSA) is 133 Å². The number of rotatable bonds is 6. The average Bonchev–Trinajstić information content (AvgIpc) is 3.36. The number of hydrogen-bond acceptors (Lipinski definition) is 7. The zero-order valence-corrected chi connectivity index (χ0v) is 17.7. The van der Waals surface area contributed by atoms with E-state index in [0.29, 0.717) is 22.2 Å². The van der Waals surface area contributed by atoms with Gasteiger partial charge in [0.1, 0.15) is 17.3 Å². The Balaban J connectivity index is 1.61. The van der Waals surface area contributed by atoms with Crippen LogP contribution >= 0.6 is 0 Å². The van der Waals surface area contributed by atoms with E-state index in [1.807, 2.05) is 44.2 Å². The highest BCUT2D eigenvalue weighted by Crippen LogP contribution is 2.23. The Hall–Kier alpha value is -4.08. The number of H-pyrrole nitrogens is 2. The van der Waals surface area contributed by atoms with E-state index in [1.54, 1.807) is 16.8 Å². The minimum Gasteiger partial charge on any atom is -0.493 e. The lowest BCUT2D eigenvalue weighted by molar-refractivity contribution is 0.242. The summed E-state index contributed by atoms with van der Waals surface area (Å²) < 4.78 is 7.44. The number of benzene rings is 1. The SMILES string of the molecule is CC(C)Oc1cccc(Nc2cc(=NC3CC3)n3nc/c(=C/c4[nH]c(=O)[nH]c4O)c3n2)c1. The summed E-state index contributed by atoms with van der Waals surface area (Å²) >= 11 is 0. The van der Waals surface area contributed by atoms with Crippen molar-refractivity contribution in [2.24, 2.45) is 4.99 Å². The van der Waals surface area contributed by atoms with Crippen molar-refractivity contribution >= 4 is 23.2 Å². The van der Waals surface area contributed by atoms with Gasteiger partial charge in [0, 0.05) is 23.0 Å². The first-order valence-corrected chi connectivity index (χ1v) is 10.4. The molecule has 1 aliphatic carbocycles. The van der Waals surface area contributed by atoms with Crippen LogP contribution in [0.2, 0.25) is 0 Å². The molecule has 0 spiro atoms. The Labute approximate surface area is 182 Å². The summed E-state index contributed by atoms with van der Waals surface area (Å²) in [4.78, 5) is 25.8. The van der Waals surface area contributed by atoms with Gasteiger partial charge in [-0.15, -0.1) is 0 Å². The summed E-state index contributed by atoms with van der Waals surface area (Å²) in [7, 11) is 0. The second kappa shape index (κ2) is 7.88. The predicted molar refractivity (Wildman–Crippen MR) is 119 cm³/mol. The number of aromatic nitrogens is 5. The van der Waals surface area contributed by atoms with Crippen LogP contribution in [0.5, 0.6) is 11.6 Å². The lowest BCUT2D eigenvalue weighted by Gasteiger charge is -2.12. The summed E-state index contributed by atoms with van der Waals surface area (Å²) in [5, 5.41) is 18.3. The standard InChI is InChI=1S/C22H23N7O3/c1-12(2)32-16-5-3-4-15(9-16)24-18-10-19(25-14-6-7-14)29-20(27-18)13(11-23-29)8-17-21(30)28-22(31)26-17/h3-5,8-12,14,24,30H,6-7H2,1-2H3,(H2,26,28,31)/b13-8-,25-19?. The third-order valence-electron chi connectivity index (χ3n) is 4.86. The second-order valence-corrected chi connectivity index (χ2v) is 8.00. The molecule has 5 rings (SSSR count). The third kappa shape index (κ3) is 4.20. The van der Waals surface area contributed by atoms with Gasteiger partial charge in [0.2, 0.25) is 5.88 Å². The molecule has 0 radical (unpaired) electrons. The van der Waals surface area contributed by atoms with Gasteiger partial charge in [-0.25, -0.2) is 9.78 Å². The molecule has 1 saturated carbocycles. The van der Waals surface area contributed by atoms with E-state index in [4.69, 9.17) is 14.7 Å². The van der Waals surface area contributed by atoms with Crippen LogP contribution in [0.15, 0.2) is 46.3 Å². The van der Waals surface area contributed by atoms with Crippen LogP contribution in [0.4, 0.5) is 11.5 Å². The van der Waals surface area contributed by atoms with Crippen LogP contribution in [0.1, 0.15) is 32.4 Å². The lowest BCUT2D eigenvalue weighted by Crippen LogP contribution is -2.19. The first-order valence-electron chi connectivity index (χ1n) is 10.4. The quantitative estimate of drug-likeness (QED) is 0.365. The molecule has 10 nitrogen and oxygen atoms in total. The molecule has 3 aromatic heterocycles. The number of aromatic hydroxyl groups is 1. The van der Waals surface area contributed by atoms with Gasteiger partial charge in [-0.3, -0.25) is 9.98 Å². The highest BCUT2D eigenvalue weighted by Gasteiger charge is 2.20. The molecule has 3 heterocycles. The van der Waals surface area contributed by atoms with Crippen molar-refractivity contribution in [2.75, 3.05) is 5.32 Å². The molecule has 0 aliphatic heterocycles. The number of anilines is 2. The number of aromatic amines is 2. The van der Waals surface area contributed by atoms with Crippen molar-refractivity contribution in [1.29, 1.82) is 0 Å². The van der Waals surface area contributed by atoms with E-state index in [9.17, 15) is 9.90 Å². The minimum atomic E-state index is -0.492. The maximum atomic E-state index is 11.5. The van der Waals surface area contributed by atoms with E-state index in [1.165, 1.54) is 0 Å². The zero-order valence-electron chi connectivity index (χ0n) is 17.7. The average molecular weight is 433 g/mol. The van der Waals surface area contributed by atoms with Gasteiger partial charge in [-0.2, -0.15) is 9.61 Å². The number of ether oxygens (including phenoxy) is 1. The van der Waals surface area contributed by atoms with E-state index >= 15 is 0 Å². The zero-order chi connectivity index (χ0) is 22.2. The van der Waals surface area contributed by atoms with Crippen molar-refractivity contribution in [3.05, 3.63) is 63.4 Å². The van der Waals surface area contributed by atoms with Crippen LogP contribution in [-0.2, 0) is 0 Å². The van der Waals surface area contributed by atoms with E-state index in [0.717, 1.165) is 24.3 Å². The number of hydrogen-bond donors (Lipinski definition) is 4. The molecule has 0 amide bonds. The highest BCUT2D eigenvalue weighted by molar-refractivity contribution is 5.62. The Bertz CT molecular complexity index is 1460. The second-order valence-electron chi connectivity index (χ2n) is 8.00. The Morgan fingerprint density at radius 2 is 2.16 bits per heavy atom. The smallest absolute Gasteiger partial charge is 0.326 e. The van der Waals surface area contributed by atoms with Crippen molar-refractivity contribution < 1.29 is 9.84 Å². The summed E-state index contributed by atoms with van der Waals surface area (Å²) in [6.45, 7) is 3.96. The number of nitrogens with one attached hydrogen (secondary N) is 3. The maximum Gasteiger partial charge on any atom is 0.326 e. The molecule has 164 valence electrons. The third-order valence-corrected chi connectivity index (χ3v) is 4.86. The lowest BCUT2D eigenvalue weighted by atomic mass is 10.3. The van der Waals surface area contributed by atoms with E-state index in [2.05, 4.69) is 20.4 Å². The fraction of sp³-hybridized carbons (Fsp3) is 0.273. The van der Waals surface area contributed by atoms with Gasteiger partial charge < -0.3 is 20.1 Å². The largest absolute Gasteiger partial charge is 0.493 e. The first kappa shape index (κ1) is 19.9. The van der Waals surface area contributed by atoms with Gasteiger partial charge >= 0.3 is 5.69 Å². The van der Waals surface area contributed by atoms with Crippen LogP contribution in [0, 0.1) is 0 Å². The van der Waals surface area contributed by atoms with Crippen molar-refractivity contribution in [3.63, 3.8) is 0 Å². The fourth-order valence-electron chi connectivity index (χ4n) is 3.33. The van der Waals surface area contributed by atoms with Crippen LogP contribution in [0.3, 0.4) is 0 Å². The van der Waals surface area contributed by atoms with Gasteiger partial charge in [0.05, 0.1) is 18.3 Å². The molecule has 4 aromatic rings. The molecule has 32 heavy (non-hydrogen) atoms. The van der Waals surface area contributed by atoms with Crippen molar-refractivity contribution in [2.45, 2.75) is 38.8 Å². The van der Waals surface area contributed by atoms with Gasteiger partial charge in [0.25, 0.3) is 0 Å². The Morgan fingerprint density at radius 1 is 1.31 bits per heavy atom. The van der Waals surface area contributed by atoms with Gasteiger partial charge in [-0.05, 0) is 44.9 Å². The maximum absolute atomic E-state index is 11.5. The molecule has 0 bridgehead atoms.